The highest BCUT2D eigenvalue weighted by Crippen LogP contribution is 2.23. The largest absolute Gasteiger partial charge is 0.467 e. The maximum Gasteiger partial charge on any atom is 0.338 e. The minimum atomic E-state index is -0.359. The van der Waals surface area contributed by atoms with Gasteiger partial charge in [-0.3, -0.25) is 0 Å². The second-order valence-corrected chi connectivity index (χ2v) is 4.46. The summed E-state index contributed by atoms with van der Waals surface area (Å²) in [6, 6.07) is 12.9. The standard InChI is InChI=1S/C15H15N3O2/c1-2-18-15(19)16-14(12-9-6-10-20-12)13(17-18)11-7-4-3-5-8-11/h3-10,14H,2H2,1H3,(H,16,19)/t14-/m1/s1. The fraction of sp³-hybridized carbons (Fsp3) is 0.200. The van der Waals surface area contributed by atoms with Crippen LogP contribution in [0.2, 0.25) is 0 Å². The Morgan fingerprint density at radius 1 is 1.25 bits per heavy atom. The number of benzene rings is 1. The molecule has 0 aliphatic carbocycles. The molecule has 1 aromatic carbocycles. The first-order valence-electron chi connectivity index (χ1n) is 6.55. The lowest BCUT2D eigenvalue weighted by atomic mass is 10.0. The molecule has 5 nitrogen and oxygen atoms in total. The third-order valence-electron chi connectivity index (χ3n) is 3.20. The number of amides is 2. The molecule has 0 bridgehead atoms. The van der Waals surface area contributed by atoms with Gasteiger partial charge in [0.1, 0.15) is 11.8 Å². The zero-order valence-corrected chi connectivity index (χ0v) is 11.1. The van der Waals surface area contributed by atoms with Gasteiger partial charge < -0.3 is 9.73 Å². The predicted molar refractivity (Wildman–Crippen MR) is 75.3 cm³/mol. The van der Waals surface area contributed by atoms with Gasteiger partial charge in [-0.1, -0.05) is 30.3 Å². The molecule has 1 atom stereocenters. The van der Waals surface area contributed by atoms with Crippen molar-refractivity contribution in [3.05, 3.63) is 60.1 Å². The summed E-state index contributed by atoms with van der Waals surface area (Å²) < 4.78 is 5.43. The summed E-state index contributed by atoms with van der Waals surface area (Å²) in [6.45, 7) is 2.41. The molecule has 0 spiro atoms. The van der Waals surface area contributed by atoms with Crippen LogP contribution in [0.25, 0.3) is 0 Å². The topological polar surface area (TPSA) is 57.8 Å². The molecule has 0 unspecified atom stereocenters. The highest BCUT2D eigenvalue weighted by molar-refractivity contribution is 6.07. The quantitative estimate of drug-likeness (QED) is 0.931. The minimum Gasteiger partial charge on any atom is -0.467 e. The molecule has 1 aromatic heterocycles. The van der Waals surface area contributed by atoms with Crippen LogP contribution in [0.3, 0.4) is 0 Å². The molecular formula is C15H15N3O2. The van der Waals surface area contributed by atoms with Crippen LogP contribution in [0, 0.1) is 0 Å². The van der Waals surface area contributed by atoms with E-state index in [2.05, 4.69) is 10.4 Å². The van der Waals surface area contributed by atoms with Crippen molar-refractivity contribution in [3.8, 4) is 0 Å². The molecule has 3 rings (SSSR count). The first kappa shape index (κ1) is 12.5. The third kappa shape index (κ3) is 2.18. The van der Waals surface area contributed by atoms with E-state index in [4.69, 9.17) is 4.42 Å². The summed E-state index contributed by atoms with van der Waals surface area (Å²) in [6.07, 6.45) is 1.59. The molecule has 0 saturated heterocycles. The number of furan rings is 1. The zero-order chi connectivity index (χ0) is 13.9. The molecular weight excluding hydrogens is 254 g/mol. The van der Waals surface area contributed by atoms with E-state index < -0.39 is 0 Å². The fourth-order valence-electron chi connectivity index (χ4n) is 2.21. The number of carbonyl (C=O) groups excluding carboxylic acids is 1. The Labute approximate surface area is 116 Å². The van der Waals surface area contributed by atoms with Crippen molar-refractivity contribution in [2.24, 2.45) is 5.10 Å². The Balaban J connectivity index is 2.06. The molecule has 1 aliphatic rings. The van der Waals surface area contributed by atoms with Crippen molar-refractivity contribution in [2.45, 2.75) is 13.0 Å². The Hall–Kier alpha value is -2.56. The van der Waals surface area contributed by atoms with Crippen molar-refractivity contribution in [3.63, 3.8) is 0 Å². The van der Waals surface area contributed by atoms with Crippen molar-refractivity contribution >= 4 is 11.7 Å². The molecule has 20 heavy (non-hydrogen) atoms. The van der Waals surface area contributed by atoms with E-state index in [0.717, 1.165) is 11.3 Å². The maximum atomic E-state index is 12.0. The van der Waals surface area contributed by atoms with E-state index in [1.807, 2.05) is 43.3 Å². The number of hydrogen-bond acceptors (Lipinski definition) is 3. The fourth-order valence-corrected chi connectivity index (χ4v) is 2.21. The molecule has 0 fully saturated rings. The summed E-state index contributed by atoms with van der Waals surface area (Å²) in [4.78, 5) is 12.0. The monoisotopic (exact) mass is 269 g/mol. The Morgan fingerprint density at radius 3 is 2.70 bits per heavy atom. The second-order valence-electron chi connectivity index (χ2n) is 4.46. The van der Waals surface area contributed by atoms with E-state index in [9.17, 15) is 4.79 Å². The summed E-state index contributed by atoms with van der Waals surface area (Å²) in [5.41, 5.74) is 1.74. The Kier molecular flexibility index (Phi) is 3.25. The second kappa shape index (κ2) is 5.21. The summed E-state index contributed by atoms with van der Waals surface area (Å²) in [5.74, 6) is 0.678. The van der Waals surface area contributed by atoms with Crippen LogP contribution < -0.4 is 5.32 Å². The predicted octanol–water partition coefficient (Wildman–Crippen LogP) is 2.77. The van der Waals surface area contributed by atoms with Gasteiger partial charge in [-0.15, -0.1) is 0 Å². The lowest BCUT2D eigenvalue weighted by Crippen LogP contribution is -2.47. The smallest absolute Gasteiger partial charge is 0.338 e. The summed E-state index contributed by atoms with van der Waals surface area (Å²) >= 11 is 0. The van der Waals surface area contributed by atoms with Crippen molar-refractivity contribution in [1.29, 1.82) is 0 Å². The molecule has 1 N–H and O–H groups in total. The summed E-state index contributed by atoms with van der Waals surface area (Å²) in [5, 5.41) is 8.82. The number of rotatable bonds is 3. The van der Waals surface area contributed by atoms with Gasteiger partial charge in [-0.25, -0.2) is 9.80 Å². The van der Waals surface area contributed by atoms with Crippen LogP contribution in [-0.2, 0) is 0 Å². The first-order valence-corrected chi connectivity index (χ1v) is 6.55. The van der Waals surface area contributed by atoms with E-state index >= 15 is 0 Å². The van der Waals surface area contributed by atoms with Crippen LogP contribution in [-0.4, -0.2) is 23.3 Å². The van der Waals surface area contributed by atoms with Gasteiger partial charge in [-0.05, 0) is 19.1 Å². The Bertz CT molecular complexity index is 620. The molecule has 5 heteroatoms. The average Bonchev–Trinajstić information content (AvgIpc) is 3.02. The number of nitrogens with one attached hydrogen (secondary N) is 1. The van der Waals surface area contributed by atoms with E-state index in [0.29, 0.717) is 12.3 Å². The lowest BCUT2D eigenvalue weighted by Gasteiger charge is -2.29. The van der Waals surface area contributed by atoms with Gasteiger partial charge in [0, 0.05) is 12.1 Å². The molecule has 0 saturated carbocycles. The van der Waals surface area contributed by atoms with Crippen molar-refractivity contribution in [1.82, 2.24) is 10.3 Å². The van der Waals surface area contributed by atoms with E-state index in [-0.39, 0.29) is 12.1 Å². The van der Waals surface area contributed by atoms with Crippen LogP contribution in [0.1, 0.15) is 24.3 Å². The minimum absolute atomic E-state index is 0.214. The number of nitrogens with zero attached hydrogens (tertiary/aromatic N) is 2. The number of urea groups is 1. The SMILES string of the molecule is CCN1N=C(c2ccccc2)[C@@H](c2ccco2)NC1=O. The number of hydrazone groups is 1. The van der Waals surface area contributed by atoms with Gasteiger partial charge in [0.25, 0.3) is 0 Å². The van der Waals surface area contributed by atoms with Crippen molar-refractivity contribution < 1.29 is 9.21 Å². The first-order chi connectivity index (χ1) is 9.79. The highest BCUT2D eigenvalue weighted by atomic mass is 16.3. The van der Waals surface area contributed by atoms with E-state index in [1.165, 1.54) is 5.01 Å². The average molecular weight is 269 g/mol. The van der Waals surface area contributed by atoms with Gasteiger partial charge >= 0.3 is 6.03 Å². The van der Waals surface area contributed by atoms with Gasteiger partial charge in [0.15, 0.2) is 0 Å². The van der Waals surface area contributed by atoms with Gasteiger partial charge in [-0.2, -0.15) is 5.10 Å². The van der Waals surface area contributed by atoms with Crippen molar-refractivity contribution in [2.75, 3.05) is 6.54 Å². The summed E-state index contributed by atoms with van der Waals surface area (Å²) in [7, 11) is 0. The van der Waals surface area contributed by atoms with Crippen LogP contribution >= 0.6 is 0 Å². The zero-order valence-electron chi connectivity index (χ0n) is 11.1. The van der Waals surface area contributed by atoms with Gasteiger partial charge in [0.2, 0.25) is 0 Å². The molecule has 2 amide bonds. The third-order valence-corrected chi connectivity index (χ3v) is 3.20. The van der Waals surface area contributed by atoms with Crippen LogP contribution in [0.5, 0.6) is 0 Å². The molecule has 2 heterocycles. The number of hydrogen-bond donors (Lipinski definition) is 1. The maximum absolute atomic E-state index is 12.0. The Morgan fingerprint density at radius 2 is 2.05 bits per heavy atom. The number of carbonyl (C=O) groups is 1. The normalized spacial score (nSPS) is 18.6. The lowest BCUT2D eigenvalue weighted by molar-refractivity contribution is 0.195. The van der Waals surface area contributed by atoms with Crippen LogP contribution in [0.15, 0.2) is 58.2 Å². The highest BCUT2D eigenvalue weighted by Gasteiger charge is 2.31. The van der Waals surface area contributed by atoms with Gasteiger partial charge in [0.05, 0.1) is 12.0 Å². The van der Waals surface area contributed by atoms with E-state index in [1.54, 1.807) is 12.3 Å². The molecule has 2 aromatic rings. The molecule has 1 aliphatic heterocycles. The van der Waals surface area contributed by atoms with Crippen LogP contribution in [0.4, 0.5) is 4.79 Å². The molecule has 0 radical (unpaired) electrons. The molecule has 102 valence electrons.